The Morgan fingerprint density at radius 2 is 1.86 bits per heavy atom. The molecule has 0 spiro atoms. The van der Waals surface area contributed by atoms with Crippen molar-refractivity contribution < 1.29 is 4.79 Å². The number of hydrogen-bond donors (Lipinski definition) is 1. The molecule has 3 nitrogen and oxygen atoms in total. The van der Waals surface area contributed by atoms with E-state index in [2.05, 4.69) is 31.2 Å². The van der Waals surface area contributed by atoms with Gasteiger partial charge in [0.05, 0.1) is 0 Å². The number of aryl methyl sites for hydroxylation is 2. The molecule has 0 aliphatic carbocycles. The average Bonchev–Trinajstić information content (AvgIpc) is 2.46. The van der Waals surface area contributed by atoms with E-state index in [0.29, 0.717) is 6.42 Å². The largest absolute Gasteiger partial charge is 0.343 e. The van der Waals surface area contributed by atoms with Gasteiger partial charge in [0, 0.05) is 25.6 Å². The van der Waals surface area contributed by atoms with Crippen LogP contribution >= 0.6 is 12.4 Å². The minimum absolute atomic E-state index is 0. The number of nitrogens with zero attached hydrogens (tertiary/aromatic N) is 1. The van der Waals surface area contributed by atoms with E-state index >= 15 is 0 Å². The topological polar surface area (TPSA) is 46.3 Å². The summed E-state index contributed by atoms with van der Waals surface area (Å²) in [4.78, 5) is 14.0. The zero-order valence-corrected chi connectivity index (χ0v) is 14.6. The molecular formula is C18H29ClN2O. The van der Waals surface area contributed by atoms with Crippen LogP contribution in [0.3, 0.4) is 0 Å². The summed E-state index contributed by atoms with van der Waals surface area (Å²) in [6.07, 6.45) is 5.14. The van der Waals surface area contributed by atoms with E-state index in [1.807, 2.05) is 11.8 Å². The summed E-state index contributed by atoms with van der Waals surface area (Å²) >= 11 is 0. The highest BCUT2D eigenvalue weighted by molar-refractivity contribution is 5.85. The summed E-state index contributed by atoms with van der Waals surface area (Å²) < 4.78 is 0. The molecule has 0 saturated carbocycles. The normalized spacial score (nSPS) is 17.0. The van der Waals surface area contributed by atoms with Gasteiger partial charge in [-0.2, -0.15) is 0 Å². The molecule has 1 saturated heterocycles. The summed E-state index contributed by atoms with van der Waals surface area (Å²) in [6.45, 7) is 5.83. The molecule has 1 atom stereocenters. The third-order valence-corrected chi connectivity index (χ3v) is 4.43. The van der Waals surface area contributed by atoms with Gasteiger partial charge in [0.2, 0.25) is 5.91 Å². The SMILES string of the molecule is Cc1ccc(CCC2CCN(C(=O)CC(C)N)CC2)cc1.Cl. The predicted octanol–water partition coefficient (Wildman–Crippen LogP) is 3.33. The number of rotatable bonds is 5. The maximum absolute atomic E-state index is 12.0. The lowest BCUT2D eigenvalue weighted by molar-refractivity contribution is -0.132. The molecule has 2 N–H and O–H groups in total. The summed E-state index contributed by atoms with van der Waals surface area (Å²) in [5.74, 6) is 0.979. The van der Waals surface area contributed by atoms with Gasteiger partial charge in [-0.1, -0.05) is 29.8 Å². The molecule has 4 heteroatoms. The highest BCUT2D eigenvalue weighted by Crippen LogP contribution is 2.23. The lowest BCUT2D eigenvalue weighted by atomic mass is 9.90. The molecule has 1 aliphatic rings. The lowest BCUT2D eigenvalue weighted by Gasteiger charge is -2.32. The Kier molecular flexibility index (Phi) is 7.91. The molecule has 2 rings (SSSR count). The molecule has 1 amide bonds. The van der Waals surface area contributed by atoms with E-state index in [1.165, 1.54) is 17.5 Å². The van der Waals surface area contributed by atoms with Crippen LogP contribution in [0.25, 0.3) is 0 Å². The Morgan fingerprint density at radius 3 is 2.41 bits per heavy atom. The number of halogens is 1. The Morgan fingerprint density at radius 1 is 1.27 bits per heavy atom. The lowest BCUT2D eigenvalue weighted by Crippen LogP contribution is -2.40. The fourth-order valence-corrected chi connectivity index (χ4v) is 3.00. The van der Waals surface area contributed by atoms with Crippen molar-refractivity contribution in [2.45, 2.75) is 52.0 Å². The van der Waals surface area contributed by atoms with E-state index < -0.39 is 0 Å². The Balaban J connectivity index is 0.00000242. The van der Waals surface area contributed by atoms with Gasteiger partial charge in [0.15, 0.2) is 0 Å². The van der Waals surface area contributed by atoms with Crippen molar-refractivity contribution in [3.05, 3.63) is 35.4 Å². The third-order valence-electron chi connectivity index (χ3n) is 4.43. The molecule has 22 heavy (non-hydrogen) atoms. The molecule has 1 unspecified atom stereocenters. The molecule has 124 valence electrons. The van der Waals surface area contributed by atoms with Crippen molar-refractivity contribution in [2.24, 2.45) is 11.7 Å². The smallest absolute Gasteiger partial charge is 0.224 e. The number of carbonyl (C=O) groups excluding carboxylic acids is 1. The van der Waals surface area contributed by atoms with Gasteiger partial charge in [-0.25, -0.2) is 0 Å². The second kappa shape index (κ2) is 9.16. The minimum Gasteiger partial charge on any atom is -0.343 e. The van der Waals surface area contributed by atoms with Gasteiger partial charge >= 0.3 is 0 Å². The van der Waals surface area contributed by atoms with Crippen LogP contribution in [0, 0.1) is 12.8 Å². The van der Waals surface area contributed by atoms with Crippen molar-refractivity contribution in [2.75, 3.05) is 13.1 Å². The van der Waals surface area contributed by atoms with Crippen LogP contribution in [0.15, 0.2) is 24.3 Å². The first-order valence-electron chi connectivity index (χ1n) is 8.13. The maximum atomic E-state index is 12.0. The van der Waals surface area contributed by atoms with Crippen LogP contribution in [0.2, 0.25) is 0 Å². The van der Waals surface area contributed by atoms with Crippen molar-refractivity contribution >= 4 is 18.3 Å². The average molecular weight is 325 g/mol. The second-order valence-corrected chi connectivity index (χ2v) is 6.53. The van der Waals surface area contributed by atoms with Gasteiger partial charge in [0.1, 0.15) is 0 Å². The summed E-state index contributed by atoms with van der Waals surface area (Å²) in [5, 5.41) is 0. The fourth-order valence-electron chi connectivity index (χ4n) is 3.00. The van der Waals surface area contributed by atoms with Crippen LogP contribution in [-0.4, -0.2) is 29.9 Å². The number of nitrogens with two attached hydrogens (primary N) is 1. The zero-order chi connectivity index (χ0) is 15.2. The Hall–Kier alpha value is -1.06. The molecule has 0 aromatic heterocycles. The first-order valence-corrected chi connectivity index (χ1v) is 8.13. The minimum atomic E-state index is -0.0308. The van der Waals surface area contributed by atoms with Crippen LogP contribution in [-0.2, 0) is 11.2 Å². The molecule has 1 fully saturated rings. The van der Waals surface area contributed by atoms with Gasteiger partial charge in [-0.3, -0.25) is 4.79 Å². The first kappa shape index (κ1) is 19.0. The van der Waals surface area contributed by atoms with Gasteiger partial charge < -0.3 is 10.6 Å². The molecule has 1 heterocycles. The first-order chi connectivity index (χ1) is 10.0. The Bertz CT molecular complexity index is 451. The number of piperidine rings is 1. The summed E-state index contributed by atoms with van der Waals surface area (Å²) in [5.41, 5.74) is 8.45. The van der Waals surface area contributed by atoms with E-state index in [4.69, 9.17) is 5.73 Å². The van der Waals surface area contributed by atoms with Gasteiger partial charge in [0.25, 0.3) is 0 Å². The van der Waals surface area contributed by atoms with Crippen molar-refractivity contribution in [1.29, 1.82) is 0 Å². The van der Waals surface area contributed by atoms with E-state index in [1.54, 1.807) is 0 Å². The third kappa shape index (κ3) is 5.98. The number of hydrogen-bond acceptors (Lipinski definition) is 2. The quantitative estimate of drug-likeness (QED) is 0.903. The van der Waals surface area contributed by atoms with E-state index in [9.17, 15) is 4.79 Å². The molecule has 0 radical (unpaired) electrons. The van der Waals surface area contributed by atoms with Crippen LogP contribution in [0.5, 0.6) is 0 Å². The summed E-state index contributed by atoms with van der Waals surface area (Å²) in [6, 6.07) is 8.80. The second-order valence-electron chi connectivity index (χ2n) is 6.53. The predicted molar refractivity (Wildman–Crippen MR) is 94.3 cm³/mol. The number of benzene rings is 1. The maximum Gasteiger partial charge on any atom is 0.224 e. The molecule has 1 aromatic rings. The van der Waals surface area contributed by atoms with Crippen molar-refractivity contribution in [3.8, 4) is 0 Å². The van der Waals surface area contributed by atoms with Crippen molar-refractivity contribution in [3.63, 3.8) is 0 Å². The molecule has 0 bridgehead atoms. The Labute approximate surface area is 140 Å². The standard InChI is InChI=1S/C18H28N2O.ClH/c1-14-3-5-16(6-4-14)7-8-17-9-11-20(12-10-17)18(21)13-15(2)19;/h3-6,15,17H,7-13,19H2,1-2H3;1H. The van der Waals surface area contributed by atoms with Crippen LogP contribution < -0.4 is 5.73 Å². The van der Waals surface area contributed by atoms with E-state index in [-0.39, 0.29) is 24.4 Å². The molecule has 1 aromatic carbocycles. The molecular weight excluding hydrogens is 296 g/mol. The zero-order valence-electron chi connectivity index (χ0n) is 13.8. The highest BCUT2D eigenvalue weighted by atomic mass is 35.5. The van der Waals surface area contributed by atoms with Gasteiger partial charge in [-0.05, 0) is 51.0 Å². The van der Waals surface area contributed by atoms with Crippen LogP contribution in [0.4, 0.5) is 0 Å². The number of likely N-dealkylation sites (tertiary alicyclic amines) is 1. The van der Waals surface area contributed by atoms with Gasteiger partial charge in [-0.15, -0.1) is 12.4 Å². The number of amides is 1. The van der Waals surface area contributed by atoms with Crippen molar-refractivity contribution in [1.82, 2.24) is 4.90 Å². The molecule has 1 aliphatic heterocycles. The van der Waals surface area contributed by atoms with E-state index in [0.717, 1.165) is 38.3 Å². The monoisotopic (exact) mass is 324 g/mol. The van der Waals surface area contributed by atoms with Crippen LogP contribution in [0.1, 0.15) is 43.7 Å². The number of carbonyl (C=O) groups is 1. The fraction of sp³-hybridized carbons (Fsp3) is 0.611. The highest BCUT2D eigenvalue weighted by Gasteiger charge is 2.22. The summed E-state index contributed by atoms with van der Waals surface area (Å²) in [7, 11) is 0.